The number of amides is 11. The summed E-state index contributed by atoms with van der Waals surface area (Å²) in [6.45, 7) is 1.84. The third kappa shape index (κ3) is 45.1. The molecule has 0 spiro atoms. The Kier molecular flexibility index (Phi) is 55.6. The molecule has 46 heteroatoms. The summed E-state index contributed by atoms with van der Waals surface area (Å²) in [5.74, 6) is -4.08. The zero-order chi connectivity index (χ0) is 92.1. The van der Waals surface area contributed by atoms with Gasteiger partial charge in [-0.3, -0.25) is 61.8 Å². The second-order valence-electron chi connectivity index (χ2n) is 31.5. The van der Waals surface area contributed by atoms with Crippen LogP contribution in [0.4, 0.5) is 0 Å². The van der Waals surface area contributed by atoms with Gasteiger partial charge in [0.1, 0.15) is 78.6 Å². The van der Waals surface area contributed by atoms with Crippen LogP contribution >= 0.6 is 7.82 Å². The first kappa shape index (κ1) is 111. The number of hydrogen-bond acceptors (Lipinski definition) is 33. The molecule has 11 amide bonds. The second-order valence-corrected chi connectivity index (χ2v) is 33.1. The number of aliphatic hydroxyl groups excluding tert-OH is 10. The number of phosphoric acid groups is 1. The number of nitrogens with one attached hydrogen (secondary N) is 10. The Labute approximate surface area is 729 Å². The molecule has 18 atom stereocenters. The average Bonchev–Trinajstić information content (AvgIpc) is 1.57. The van der Waals surface area contributed by atoms with Gasteiger partial charge in [-0.2, -0.15) is 0 Å². The molecule has 0 aliphatic carbocycles. The number of nitrogens with zero attached hydrogens (tertiary/aromatic N) is 1. The normalized spacial score (nSPS) is 25.2. The van der Waals surface area contributed by atoms with E-state index in [4.69, 9.17) is 47.2 Å². The molecule has 125 heavy (non-hydrogen) atoms. The number of aliphatic hydroxyl groups is 10. The number of rotatable bonds is 67. The molecule has 4 aliphatic rings. The van der Waals surface area contributed by atoms with Crippen LogP contribution in [0, 0.1) is 0 Å². The van der Waals surface area contributed by atoms with E-state index in [0.717, 1.165) is 39.2 Å². The van der Waals surface area contributed by atoms with E-state index in [1.54, 1.807) is 0 Å². The van der Waals surface area contributed by atoms with Crippen molar-refractivity contribution in [3.05, 3.63) is 0 Å². The number of phosphoric ester groups is 1. The highest BCUT2D eigenvalue weighted by atomic mass is 31.2. The van der Waals surface area contributed by atoms with Crippen LogP contribution < -0.4 is 53.2 Å². The molecule has 0 radical (unpaired) electrons. The highest BCUT2D eigenvalue weighted by Gasteiger charge is 2.48. The Balaban J connectivity index is 1.31. The molecule has 18 unspecified atom stereocenters. The van der Waals surface area contributed by atoms with Crippen LogP contribution in [0.1, 0.15) is 188 Å². The molecule has 4 rings (SSSR count). The number of likely N-dealkylation sites (tertiary alicyclic amines) is 1. The molecular formula is C79H142N11O34P. The lowest BCUT2D eigenvalue weighted by molar-refractivity contribution is -0.270. The van der Waals surface area contributed by atoms with E-state index in [1.807, 2.05) is 0 Å². The summed E-state index contributed by atoms with van der Waals surface area (Å²) in [6, 6.07) is -3.90. The predicted molar refractivity (Wildman–Crippen MR) is 440 cm³/mol. The predicted octanol–water partition coefficient (Wildman–Crippen LogP) is -5.05. The molecule has 45 nitrogen and oxygen atoms in total. The number of β-amino-alcohol motifs (C(OH)–C–C–N with tert-alkyl or cyclic N) is 1. The molecule has 4 saturated heterocycles. The topological polar surface area (TPSA) is 652 Å². The summed E-state index contributed by atoms with van der Waals surface area (Å²) in [6.07, 6.45) is -6.85. The monoisotopic (exact) mass is 1820 g/mol. The van der Waals surface area contributed by atoms with E-state index in [1.165, 1.54) is 25.7 Å². The Morgan fingerprint density at radius 2 is 0.688 bits per heavy atom. The molecule has 0 aromatic rings. The summed E-state index contributed by atoms with van der Waals surface area (Å²) >= 11 is 0. The van der Waals surface area contributed by atoms with E-state index in [-0.39, 0.29) is 193 Å². The van der Waals surface area contributed by atoms with Gasteiger partial charge in [-0.05, 0) is 77.0 Å². The lowest BCUT2D eigenvalue weighted by atomic mass is 9.97. The largest absolute Gasteiger partial charge is 0.471 e. The van der Waals surface area contributed by atoms with Crippen molar-refractivity contribution in [3.8, 4) is 0 Å². The Morgan fingerprint density at radius 1 is 0.392 bits per heavy atom. The molecule has 4 heterocycles. The molecule has 0 bridgehead atoms. The van der Waals surface area contributed by atoms with Gasteiger partial charge < -0.3 is 157 Å². The molecular weight excluding hydrogens is 1680 g/mol. The Morgan fingerprint density at radius 3 is 1.00 bits per heavy atom. The quantitative estimate of drug-likeness (QED) is 0.0200. The van der Waals surface area contributed by atoms with E-state index >= 15 is 0 Å². The lowest BCUT2D eigenvalue weighted by Gasteiger charge is -2.42. The summed E-state index contributed by atoms with van der Waals surface area (Å²) in [4.78, 5) is 151. The smallest absolute Gasteiger partial charge is 0.394 e. The first-order valence-electron chi connectivity index (χ1n) is 43.4. The second kappa shape index (κ2) is 62.7. The number of carbonyl (C=O) groups is 11. The van der Waals surface area contributed by atoms with Crippen LogP contribution in [0.15, 0.2) is 0 Å². The maximum absolute atomic E-state index is 14.1. The number of carbonyl (C=O) groups excluding carboxylic acids is 11. The minimum Gasteiger partial charge on any atom is -0.394 e. The summed E-state index contributed by atoms with van der Waals surface area (Å²) in [5.41, 5.74) is -1.46. The minimum atomic E-state index is -4.28. The first-order chi connectivity index (χ1) is 59.8. The van der Waals surface area contributed by atoms with Crippen molar-refractivity contribution < 1.29 is 165 Å². The van der Waals surface area contributed by atoms with E-state index in [2.05, 4.69) is 57.7 Å². The number of unbranched alkanes of at least 4 members (excludes halogenated alkanes) is 10. The average molecular weight is 1820 g/mol. The molecule has 722 valence electrons. The van der Waals surface area contributed by atoms with Gasteiger partial charge in [0.05, 0.1) is 78.2 Å². The van der Waals surface area contributed by atoms with Gasteiger partial charge in [-0.25, -0.2) is 4.57 Å². The lowest BCUT2D eigenvalue weighted by Crippen LogP contribution is -2.64. The van der Waals surface area contributed by atoms with Crippen molar-refractivity contribution in [1.29, 1.82) is 0 Å². The van der Waals surface area contributed by atoms with Gasteiger partial charge in [0.15, 0.2) is 18.9 Å². The minimum absolute atomic E-state index is 0.0647. The number of hydrogen-bond donors (Lipinski definition) is 21. The molecule has 4 aliphatic heterocycles. The van der Waals surface area contributed by atoms with Gasteiger partial charge in [-0.15, -0.1) is 0 Å². The first-order valence-corrected chi connectivity index (χ1v) is 44.9. The van der Waals surface area contributed by atoms with Crippen molar-refractivity contribution >= 4 is 72.8 Å². The van der Waals surface area contributed by atoms with Crippen LogP contribution in [0.25, 0.3) is 0 Å². The van der Waals surface area contributed by atoms with Gasteiger partial charge in [0.2, 0.25) is 65.0 Å². The molecule has 21 N–H and O–H groups in total. The van der Waals surface area contributed by atoms with E-state index in [0.29, 0.717) is 77.0 Å². The summed E-state index contributed by atoms with van der Waals surface area (Å²) < 4.78 is 73.5. The third-order valence-corrected chi connectivity index (χ3v) is 21.8. The van der Waals surface area contributed by atoms with E-state index < -0.39 is 179 Å². The molecule has 0 aromatic heterocycles. The third-order valence-electron chi connectivity index (χ3n) is 20.9. The van der Waals surface area contributed by atoms with Crippen LogP contribution in [0.3, 0.4) is 0 Å². The molecule has 0 aromatic carbocycles. The molecule has 0 saturated carbocycles. The summed E-state index contributed by atoms with van der Waals surface area (Å²) in [5, 5.41) is 129. The standard InChI is InChI=1S/C79H142N11O34P/c1-51(94)86-67-73(109)70(106)56(44-91)122-76(67)118-36-16-13-22-59(98)80-30-19-33-83-62(101)27-39-115-48-79(89-65(104)25-11-9-7-5-6-8-10-12-26-66(105)90-43-55(97)42-54(90)47-121-125(112,113)114-4,49-116-40-28-63(102)84-34-20-31-81-60(99)23-14-17-37-119-77-68(87-52(2)95)74(110)71(107)57(45-92)123-77)50-117-41-29-64(103)85-35-21-32-82-61(100)24-15-18-38-120-78-69(88-53(3)96)75(111)72(108)58(46-93)124-78/h54-58,67-78,91-93,97,106-111H,5-50H2,1-4H3,(H,80,98)(H,81,99)(H,82,100)(H,83,101)(H,84,102)(H,85,103)(H,86,94)(H,87,95)(H,88,96)(H,89,104)(H,112,113). The van der Waals surface area contributed by atoms with E-state index in [9.17, 15) is 113 Å². The summed E-state index contributed by atoms with van der Waals surface area (Å²) in [7, 11) is -3.25. The van der Waals surface area contributed by atoms with Crippen LogP contribution in [0.5, 0.6) is 0 Å². The van der Waals surface area contributed by atoms with Crippen molar-refractivity contribution in [3.63, 3.8) is 0 Å². The Hall–Kier alpha value is -6.48. The highest BCUT2D eigenvalue weighted by Crippen LogP contribution is 2.43. The van der Waals surface area contributed by atoms with Crippen molar-refractivity contribution in [1.82, 2.24) is 58.1 Å². The van der Waals surface area contributed by atoms with Crippen molar-refractivity contribution in [2.45, 2.75) is 297 Å². The maximum Gasteiger partial charge on any atom is 0.471 e. The fourth-order valence-electron chi connectivity index (χ4n) is 14.0. The maximum atomic E-state index is 14.1. The van der Waals surface area contributed by atoms with Gasteiger partial charge in [0, 0.05) is 145 Å². The van der Waals surface area contributed by atoms with Gasteiger partial charge >= 0.3 is 7.82 Å². The zero-order valence-electron chi connectivity index (χ0n) is 72.5. The SMILES string of the molecule is COP(=O)(O)OCC1CC(O)CN1C(=O)CCCCCCCCCCC(=O)NC(COCCC(=O)NCCCNC(=O)CCCCOC1OC(CO)C(O)C(O)C1NC(C)=O)(COCCC(=O)NCCCNC(=O)CCCCOC1OC(CO)C(O)C(O)C1NC(C)=O)COCCC(=O)NCCCNC(=O)CCCCOC1OC(CO)C(O)C(O)C1NC(C)=O. The highest BCUT2D eigenvalue weighted by molar-refractivity contribution is 7.47. The zero-order valence-corrected chi connectivity index (χ0v) is 73.4. The van der Waals surface area contributed by atoms with Crippen LogP contribution in [-0.2, 0) is 109 Å². The van der Waals surface area contributed by atoms with Gasteiger partial charge in [-0.1, -0.05) is 38.5 Å². The molecule has 4 fully saturated rings. The number of ether oxygens (including phenoxy) is 9. The fourth-order valence-corrected chi connectivity index (χ4v) is 14.5. The fraction of sp³-hybridized carbons (Fsp3) is 0.861. The van der Waals surface area contributed by atoms with Gasteiger partial charge in [0.25, 0.3) is 0 Å². The van der Waals surface area contributed by atoms with Crippen molar-refractivity contribution in [2.75, 3.05) is 139 Å². The van der Waals surface area contributed by atoms with Crippen molar-refractivity contribution in [2.24, 2.45) is 0 Å². The Bertz CT molecular complexity index is 2980. The van der Waals surface area contributed by atoms with Crippen LogP contribution in [0.2, 0.25) is 0 Å². The van der Waals surface area contributed by atoms with Crippen LogP contribution in [-0.4, -0.2) is 374 Å².